The monoisotopic (exact) mass is 281 g/mol. The van der Waals surface area contributed by atoms with Crippen molar-refractivity contribution in [1.82, 2.24) is 9.97 Å². The third kappa shape index (κ3) is 3.69. The maximum absolute atomic E-state index is 8.69. The number of benzene rings is 1. The molecule has 108 valence electrons. The van der Waals surface area contributed by atoms with Gasteiger partial charge >= 0.3 is 0 Å². The van der Waals surface area contributed by atoms with Gasteiger partial charge in [-0.1, -0.05) is 25.5 Å². The fourth-order valence-corrected chi connectivity index (χ4v) is 2.16. The lowest BCUT2D eigenvalue weighted by molar-refractivity contribution is 0.905. The normalized spacial score (nSPS) is 9.95. The smallest absolute Gasteiger partial charge is 0.139 e. The first-order chi connectivity index (χ1) is 10.3. The molecule has 2 aromatic rings. The molecular weight excluding hydrogens is 262 g/mol. The second kappa shape index (κ2) is 7.25. The summed E-state index contributed by atoms with van der Waals surface area (Å²) in [5.41, 5.74) is 3.05. The lowest BCUT2D eigenvalue weighted by Gasteiger charge is -2.13. The first-order valence-electron chi connectivity index (χ1n) is 7.03. The summed E-state index contributed by atoms with van der Waals surface area (Å²) in [6.07, 6.45) is 3.92. The predicted molar refractivity (Wildman–Crippen MR) is 84.6 cm³/mol. The molecule has 2 N–H and O–H groups in total. The fraction of sp³-hybridized carbons (Fsp3) is 0.312. The SMILES string of the molecule is CCCc1c(NC)ncnc1Nc1ccc(CC#N)cc1. The summed E-state index contributed by atoms with van der Waals surface area (Å²) in [6.45, 7) is 2.13. The Hall–Kier alpha value is -2.61. The Bertz CT molecular complexity index is 628. The maximum atomic E-state index is 8.69. The number of rotatable bonds is 6. The lowest BCUT2D eigenvalue weighted by atomic mass is 10.1. The van der Waals surface area contributed by atoms with E-state index in [1.54, 1.807) is 6.33 Å². The largest absolute Gasteiger partial charge is 0.373 e. The first-order valence-corrected chi connectivity index (χ1v) is 7.03. The molecule has 1 heterocycles. The molecule has 0 spiro atoms. The Morgan fingerprint density at radius 1 is 1.14 bits per heavy atom. The zero-order chi connectivity index (χ0) is 15.1. The average Bonchev–Trinajstić information content (AvgIpc) is 2.51. The van der Waals surface area contributed by atoms with E-state index in [1.165, 1.54) is 0 Å². The van der Waals surface area contributed by atoms with Gasteiger partial charge in [0.1, 0.15) is 18.0 Å². The van der Waals surface area contributed by atoms with Gasteiger partial charge in [0.25, 0.3) is 0 Å². The van der Waals surface area contributed by atoms with Crippen molar-refractivity contribution in [2.45, 2.75) is 26.2 Å². The Morgan fingerprint density at radius 2 is 1.86 bits per heavy atom. The van der Waals surface area contributed by atoms with Crippen molar-refractivity contribution in [3.63, 3.8) is 0 Å². The van der Waals surface area contributed by atoms with Gasteiger partial charge in [0, 0.05) is 18.3 Å². The molecule has 0 aliphatic carbocycles. The van der Waals surface area contributed by atoms with Crippen LogP contribution >= 0.6 is 0 Å². The van der Waals surface area contributed by atoms with Crippen molar-refractivity contribution in [3.05, 3.63) is 41.7 Å². The molecule has 2 rings (SSSR count). The summed E-state index contributed by atoms with van der Waals surface area (Å²) < 4.78 is 0. The molecule has 0 aliphatic heterocycles. The Balaban J connectivity index is 2.24. The lowest BCUT2D eigenvalue weighted by Crippen LogP contribution is -2.05. The van der Waals surface area contributed by atoms with Crippen LogP contribution in [0.25, 0.3) is 0 Å². The van der Waals surface area contributed by atoms with E-state index in [9.17, 15) is 0 Å². The standard InChI is InChI=1S/C16H19N5/c1-3-4-14-15(18-2)19-11-20-16(14)21-13-7-5-12(6-8-13)9-10-17/h5-8,11H,3-4,9H2,1-2H3,(H2,18,19,20,21). The second-order valence-corrected chi connectivity index (χ2v) is 4.71. The van der Waals surface area contributed by atoms with E-state index in [0.29, 0.717) is 6.42 Å². The van der Waals surface area contributed by atoms with Crippen molar-refractivity contribution in [2.75, 3.05) is 17.7 Å². The van der Waals surface area contributed by atoms with Gasteiger partial charge in [-0.05, 0) is 24.1 Å². The van der Waals surface area contributed by atoms with Crippen LogP contribution in [0, 0.1) is 11.3 Å². The number of anilines is 3. The van der Waals surface area contributed by atoms with Gasteiger partial charge in [-0.15, -0.1) is 0 Å². The molecule has 0 saturated carbocycles. The first kappa shape index (κ1) is 14.8. The van der Waals surface area contributed by atoms with Gasteiger partial charge in [0.05, 0.1) is 12.5 Å². The maximum Gasteiger partial charge on any atom is 0.139 e. The van der Waals surface area contributed by atoms with Crippen molar-refractivity contribution in [2.24, 2.45) is 0 Å². The number of nitrogens with one attached hydrogen (secondary N) is 2. The van der Waals surface area contributed by atoms with E-state index >= 15 is 0 Å². The minimum absolute atomic E-state index is 0.429. The second-order valence-electron chi connectivity index (χ2n) is 4.71. The molecule has 0 amide bonds. The summed E-state index contributed by atoms with van der Waals surface area (Å²) in [5, 5.41) is 15.1. The average molecular weight is 281 g/mol. The van der Waals surface area contributed by atoms with E-state index in [-0.39, 0.29) is 0 Å². The molecule has 0 bridgehead atoms. The number of aromatic nitrogens is 2. The van der Waals surface area contributed by atoms with Crippen LogP contribution in [0.1, 0.15) is 24.5 Å². The van der Waals surface area contributed by atoms with Crippen molar-refractivity contribution < 1.29 is 0 Å². The molecule has 1 aromatic heterocycles. The van der Waals surface area contributed by atoms with Crippen LogP contribution in [-0.4, -0.2) is 17.0 Å². The minimum atomic E-state index is 0.429. The van der Waals surface area contributed by atoms with Crippen LogP contribution in [0.5, 0.6) is 0 Å². The van der Waals surface area contributed by atoms with Gasteiger partial charge in [-0.2, -0.15) is 5.26 Å². The Kier molecular flexibility index (Phi) is 5.10. The highest BCUT2D eigenvalue weighted by Crippen LogP contribution is 2.24. The molecular formula is C16H19N5. The van der Waals surface area contributed by atoms with Crippen molar-refractivity contribution in [1.29, 1.82) is 5.26 Å². The van der Waals surface area contributed by atoms with Crippen LogP contribution in [0.3, 0.4) is 0 Å². The van der Waals surface area contributed by atoms with Gasteiger partial charge in [-0.25, -0.2) is 9.97 Å². The number of hydrogen-bond donors (Lipinski definition) is 2. The van der Waals surface area contributed by atoms with Gasteiger partial charge < -0.3 is 10.6 Å². The third-order valence-corrected chi connectivity index (χ3v) is 3.18. The summed E-state index contributed by atoms with van der Waals surface area (Å²) in [7, 11) is 1.86. The molecule has 1 aromatic carbocycles. The summed E-state index contributed by atoms with van der Waals surface area (Å²) in [5.74, 6) is 1.68. The number of nitrogens with zero attached hydrogens (tertiary/aromatic N) is 3. The number of nitriles is 1. The van der Waals surface area contributed by atoms with Crippen molar-refractivity contribution in [3.8, 4) is 6.07 Å². The highest BCUT2D eigenvalue weighted by molar-refractivity contribution is 5.64. The molecule has 0 fully saturated rings. The minimum Gasteiger partial charge on any atom is -0.373 e. The van der Waals surface area contributed by atoms with E-state index in [2.05, 4.69) is 33.6 Å². The molecule has 5 heteroatoms. The van der Waals surface area contributed by atoms with Crippen LogP contribution in [0.15, 0.2) is 30.6 Å². The molecule has 0 unspecified atom stereocenters. The molecule has 0 aliphatic rings. The number of hydrogen-bond acceptors (Lipinski definition) is 5. The van der Waals surface area contributed by atoms with Crippen LogP contribution < -0.4 is 10.6 Å². The third-order valence-electron chi connectivity index (χ3n) is 3.18. The zero-order valence-corrected chi connectivity index (χ0v) is 12.3. The quantitative estimate of drug-likeness (QED) is 0.850. The fourth-order valence-electron chi connectivity index (χ4n) is 2.16. The highest BCUT2D eigenvalue weighted by Gasteiger charge is 2.09. The summed E-state index contributed by atoms with van der Waals surface area (Å²) in [4.78, 5) is 8.60. The molecule has 0 atom stereocenters. The summed E-state index contributed by atoms with van der Waals surface area (Å²) in [6, 6.07) is 9.97. The molecule has 21 heavy (non-hydrogen) atoms. The molecule has 0 saturated heterocycles. The van der Waals surface area contributed by atoms with Crippen molar-refractivity contribution >= 4 is 17.3 Å². The zero-order valence-electron chi connectivity index (χ0n) is 12.3. The molecule has 0 radical (unpaired) electrons. The molecule has 5 nitrogen and oxygen atoms in total. The Morgan fingerprint density at radius 3 is 2.48 bits per heavy atom. The Labute approximate surface area is 125 Å². The van der Waals surface area contributed by atoms with E-state index < -0.39 is 0 Å². The van der Waals surface area contributed by atoms with Crippen LogP contribution in [-0.2, 0) is 12.8 Å². The van der Waals surface area contributed by atoms with E-state index in [0.717, 1.165) is 41.3 Å². The topological polar surface area (TPSA) is 73.6 Å². The van der Waals surface area contributed by atoms with Crippen LogP contribution in [0.4, 0.5) is 17.3 Å². The van der Waals surface area contributed by atoms with Crippen LogP contribution in [0.2, 0.25) is 0 Å². The van der Waals surface area contributed by atoms with E-state index in [4.69, 9.17) is 5.26 Å². The highest BCUT2D eigenvalue weighted by atomic mass is 15.1. The summed E-state index contributed by atoms with van der Waals surface area (Å²) >= 11 is 0. The predicted octanol–water partition coefficient (Wildman–Crippen LogP) is 3.28. The van der Waals surface area contributed by atoms with Gasteiger partial charge in [0.2, 0.25) is 0 Å². The van der Waals surface area contributed by atoms with Gasteiger partial charge in [0.15, 0.2) is 0 Å². The van der Waals surface area contributed by atoms with E-state index in [1.807, 2.05) is 31.3 Å². The van der Waals surface area contributed by atoms with Gasteiger partial charge in [-0.3, -0.25) is 0 Å².